The van der Waals surface area contributed by atoms with Crippen molar-refractivity contribution in [1.82, 2.24) is 4.90 Å². The van der Waals surface area contributed by atoms with Gasteiger partial charge in [-0.15, -0.1) is 0 Å². The molecule has 1 unspecified atom stereocenters. The van der Waals surface area contributed by atoms with E-state index in [4.69, 9.17) is 5.26 Å². The van der Waals surface area contributed by atoms with Crippen molar-refractivity contribution in [1.29, 1.82) is 5.26 Å². The first-order valence-corrected chi connectivity index (χ1v) is 6.16. The number of nitrogens with zero attached hydrogens (tertiary/aromatic N) is 2. The van der Waals surface area contributed by atoms with Gasteiger partial charge in [0.2, 0.25) is 0 Å². The molecule has 1 aromatic carbocycles. The molecule has 2 rings (SSSR count). The van der Waals surface area contributed by atoms with Crippen molar-refractivity contribution < 1.29 is 0 Å². The van der Waals surface area contributed by atoms with E-state index in [1.165, 1.54) is 19.4 Å². The van der Waals surface area contributed by atoms with Crippen LogP contribution in [-0.4, -0.2) is 23.4 Å². The van der Waals surface area contributed by atoms with Crippen LogP contribution in [0.15, 0.2) is 30.3 Å². The molecule has 2 nitrogen and oxygen atoms in total. The highest BCUT2D eigenvalue weighted by atomic mass is 32.1. The molecule has 0 N–H and O–H groups in total. The van der Waals surface area contributed by atoms with Crippen molar-refractivity contribution in [3.63, 3.8) is 0 Å². The SMILES string of the molecule is CCN1CCCC1S.N#Cc1ccccc1. The van der Waals surface area contributed by atoms with Gasteiger partial charge in [0.15, 0.2) is 0 Å². The first-order chi connectivity index (χ1) is 7.77. The lowest BCUT2D eigenvalue weighted by Gasteiger charge is -2.16. The highest BCUT2D eigenvalue weighted by Crippen LogP contribution is 2.18. The van der Waals surface area contributed by atoms with Gasteiger partial charge in [-0.25, -0.2) is 0 Å². The van der Waals surface area contributed by atoms with E-state index < -0.39 is 0 Å². The molecule has 86 valence electrons. The van der Waals surface area contributed by atoms with E-state index >= 15 is 0 Å². The zero-order valence-corrected chi connectivity index (χ0v) is 10.5. The Labute approximate surface area is 103 Å². The van der Waals surface area contributed by atoms with Crippen LogP contribution in [0, 0.1) is 11.3 Å². The Morgan fingerprint density at radius 2 is 2.12 bits per heavy atom. The fraction of sp³-hybridized carbons (Fsp3) is 0.462. The van der Waals surface area contributed by atoms with Crippen molar-refractivity contribution in [3.8, 4) is 6.07 Å². The normalized spacial score (nSPS) is 19.7. The summed E-state index contributed by atoms with van der Waals surface area (Å²) in [5.74, 6) is 0. The Balaban J connectivity index is 0.000000160. The molecule has 0 bridgehead atoms. The number of hydrogen-bond donors (Lipinski definition) is 1. The van der Waals surface area contributed by atoms with Crippen molar-refractivity contribution in [2.75, 3.05) is 13.1 Å². The predicted molar refractivity (Wildman–Crippen MR) is 70.4 cm³/mol. The van der Waals surface area contributed by atoms with Gasteiger partial charge in [0, 0.05) is 0 Å². The van der Waals surface area contributed by atoms with Gasteiger partial charge in [-0.1, -0.05) is 25.1 Å². The first kappa shape index (κ1) is 13.1. The first-order valence-electron chi connectivity index (χ1n) is 5.65. The van der Waals surface area contributed by atoms with Gasteiger partial charge in [-0.2, -0.15) is 17.9 Å². The van der Waals surface area contributed by atoms with Crippen molar-refractivity contribution in [3.05, 3.63) is 35.9 Å². The van der Waals surface area contributed by atoms with E-state index in [0.29, 0.717) is 10.9 Å². The predicted octanol–water partition coefficient (Wildman–Crippen LogP) is 2.92. The zero-order valence-electron chi connectivity index (χ0n) is 9.63. The molecule has 0 aliphatic carbocycles. The van der Waals surface area contributed by atoms with Gasteiger partial charge in [0.05, 0.1) is 17.0 Å². The zero-order chi connectivity index (χ0) is 11.8. The van der Waals surface area contributed by atoms with Crippen LogP contribution in [0.1, 0.15) is 25.3 Å². The summed E-state index contributed by atoms with van der Waals surface area (Å²) < 4.78 is 0. The largest absolute Gasteiger partial charge is 0.292 e. The molecular weight excluding hydrogens is 216 g/mol. The number of nitriles is 1. The Kier molecular flexibility index (Phi) is 5.99. The maximum absolute atomic E-state index is 8.29. The molecule has 1 heterocycles. The van der Waals surface area contributed by atoms with E-state index in [9.17, 15) is 0 Å². The highest BCUT2D eigenvalue weighted by Gasteiger charge is 2.17. The topological polar surface area (TPSA) is 27.0 Å². The maximum atomic E-state index is 8.29. The molecule has 1 aliphatic heterocycles. The minimum atomic E-state index is 0.556. The van der Waals surface area contributed by atoms with Crippen LogP contribution in [0.4, 0.5) is 0 Å². The molecule has 1 fully saturated rings. The monoisotopic (exact) mass is 234 g/mol. The Hall–Kier alpha value is -0.980. The average Bonchev–Trinajstić information content (AvgIpc) is 2.76. The summed E-state index contributed by atoms with van der Waals surface area (Å²) in [7, 11) is 0. The fourth-order valence-electron chi connectivity index (χ4n) is 1.69. The second-order valence-electron chi connectivity index (χ2n) is 3.73. The third kappa shape index (κ3) is 4.26. The van der Waals surface area contributed by atoms with Crippen molar-refractivity contribution >= 4 is 12.6 Å². The second-order valence-corrected chi connectivity index (χ2v) is 4.33. The molecule has 0 amide bonds. The van der Waals surface area contributed by atoms with Crippen LogP contribution in [-0.2, 0) is 0 Å². The molecule has 1 atom stereocenters. The van der Waals surface area contributed by atoms with Crippen LogP contribution < -0.4 is 0 Å². The lowest BCUT2D eigenvalue weighted by atomic mass is 10.2. The maximum Gasteiger partial charge on any atom is 0.0991 e. The summed E-state index contributed by atoms with van der Waals surface area (Å²) in [5.41, 5.74) is 0.715. The number of rotatable bonds is 1. The summed E-state index contributed by atoms with van der Waals surface area (Å²) in [5, 5.41) is 8.84. The molecule has 3 heteroatoms. The van der Waals surface area contributed by atoms with E-state index in [-0.39, 0.29) is 0 Å². The van der Waals surface area contributed by atoms with E-state index in [2.05, 4.69) is 24.5 Å². The molecule has 0 aromatic heterocycles. The molecule has 1 saturated heterocycles. The number of hydrogen-bond acceptors (Lipinski definition) is 3. The number of benzene rings is 1. The summed E-state index contributed by atoms with van der Waals surface area (Å²) in [6.07, 6.45) is 2.61. The molecule has 16 heavy (non-hydrogen) atoms. The average molecular weight is 234 g/mol. The number of thiol groups is 1. The smallest absolute Gasteiger partial charge is 0.0991 e. The molecular formula is C13H18N2S. The molecule has 0 radical (unpaired) electrons. The Morgan fingerprint density at radius 3 is 2.44 bits per heavy atom. The van der Waals surface area contributed by atoms with Gasteiger partial charge in [0.1, 0.15) is 0 Å². The van der Waals surface area contributed by atoms with Gasteiger partial charge < -0.3 is 0 Å². The van der Waals surface area contributed by atoms with E-state index in [1.807, 2.05) is 24.3 Å². The van der Waals surface area contributed by atoms with Crippen LogP contribution in [0.2, 0.25) is 0 Å². The minimum Gasteiger partial charge on any atom is -0.292 e. The van der Waals surface area contributed by atoms with Crippen LogP contribution in [0.5, 0.6) is 0 Å². The lowest BCUT2D eigenvalue weighted by Crippen LogP contribution is -2.24. The molecule has 1 aliphatic rings. The van der Waals surface area contributed by atoms with Crippen molar-refractivity contribution in [2.24, 2.45) is 0 Å². The fourth-order valence-corrected chi connectivity index (χ4v) is 2.15. The van der Waals surface area contributed by atoms with Crippen LogP contribution in [0.3, 0.4) is 0 Å². The van der Waals surface area contributed by atoms with Crippen LogP contribution in [0.25, 0.3) is 0 Å². The van der Waals surface area contributed by atoms with Gasteiger partial charge >= 0.3 is 0 Å². The highest BCUT2D eigenvalue weighted by molar-refractivity contribution is 7.80. The molecule has 0 spiro atoms. The van der Waals surface area contributed by atoms with Crippen molar-refractivity contribution in [2.45, 2.75) is 25.1 Å². The minimum absolute atomic E-state index is 0.556. The Bertz CT molecular complexity index is 332. The quantitative estimate of drug-likeness (QED) is 0.756. The van der Waals surface area contributed by atoms with Gasteiger partial charge in [0.25, 0.3) is 0 Å². The summed E-state index contributed by atoms with van der Waals surface area (Å²) in [6, 6.07) is 11.2. The third-order valence-corrected chi connectivity index (χ3v) is 3.22. The van der Waals surface area contributed by atoms with Gasteiger partial charge in [-0.05, 0) is 38.1 Å². The summed E-state index contributed by atoms with van der Waals surface area (Å²) in [4.78, 5) is 2.39. The third-order valence-electron chi connectivity index (χ3n) is 2.64. The van der Waals surface area contributed by atoms with E-state index in [1.54, 1.807) is 12.1 Å². The molecule has 0 saturated carbocycles. The summed E-state index contributed by atoms with van der Waals surface area (Å²) >= 11 is 4.39. The van der Waals surface area contributed by atoms with Crippen LogP contribution >= 0.6 is 12.6 Å². The molecule has 1 aromatic rings. The standard InChI is InChI=1S/C7H5N.C6H13NS/c8-6-7-4-2-1-3-5-7;1-2-7-5-3-4-6(7)8/h1-5H;6,8H,2-5H2,1H3. The van der Waals surface area contributed by atoms with Gasteiger partial charge in [-0.3, -0.25) is 4.90 Å². The Morgan fingerprint density at radius 1 is 1.44 bits per heavy atom. The van der Waals surface area contributed by atoms with E-state index in [0.717, 1.165) is 6.54 Å². The summed E-state index contributed by atoms with van der Waals surface area (Å²) in [6.45, 7) is 4.60. The number of likely N-dealkylation sites (tertiary alicyclic amines) is 1. The lowest BCUT2D eigenvalue weighted by molar-refractivity contribution is 0.337. The second kappa shape index (κ2) is 7.32.